The van der Waals surface area contributed by atoms with Crippen molar-refractivity contribution in [2.75, 3.05) is 31.0 Å². The van der Waals surface area contributed by atoms with Crippen LogP contribution in [0.5, 0.6) is 0 Å². The number of nitrogens with zero attached hydrogens (tertiary/aromatic N) is 2. The maximum Gasteiger partial charge on any atom is 0.469 e. The van der Waals surface area contributed by atoms with Crippen LogP contribution in [0.15, 0.2) is 46.1 Å². The van der Waals surface area contributed by atoms with Crippen molar-refractivity contribution < 1.29 is 33.1 Å². The van der Waals surface area contributed by atoms with Crippen molar-refractivity contribution in [3.63, 3.8) is 0 Å². The number of phosphoric acid groups is 1. The minimum atomic E-state index is -4.76. The summed E-state index contributed by atoms with van der Waals surface area (Å²) < 4.78 is 34.8. The predicted molar refractivity (Wildman–Crippen MR) is 116 cm³/mol. The van der Waals surface area contributed by atoms with Gasteiger partial charge in [-0.2, -0.15) is 0 Å². The van der Waals surface area contributed by atoms with E-state index in [-0.39, 0.29) is 0 Å². The topological polar surface area (TPSA) is 153 Å². The van der Waals surface area contributed by atoms with Gasteiger partial charge in [-0.15, -0.1) is 11.6 Å². The van der Waals surface area contributed by atoms with Crippen molar-refractivity contribution in [1.29, 1.82) is 0 Å². The molecule has 3 N–H and O–H groups in total. The van der Waals surface area contributed by atoms with Crippen LogP contribution >= 0.6 is 19.4 Å². The monoisotopic (exact) mass is 503 g/mol. The molecule has 0 radical (unpaired) electrons. The summed E-state index contributed by atoms with van der Waals surface area (Å²) in [5.74, 6) is 0.486. The van der Waals surface area contributed by atoms with Gasteiger partial charge in [0.25, 0.3) is 5.56 Å². The van der Waals surface area contributed by atoms with Gasteiger partial charge in [0.05, 0.1) is 6.61 Å². The van der Waals surface area contributed by atoms with Gasteiger partial charge in [-0.05, 0) is 12.1 Å². The minimum absolute atomic E-state index is 0.486. The summed E-state index contributed by atoms with van der Waals surface area (Å²) in [7, 11) is -2.85. The molecule has 2 fully saturated rings. The molecule has 5 atom stereocenters. The highest BCUT2D eigenvalue weighted by Crippen LogP contribution is 2.45. The Morgan fingerprint density at radius 3 is 2.48 bits per heavy atom. The van der Waals surface area contributed by atoms with Gasteiger partial charge in [0.15, 0.2) is 12.5 Å². The number of benzene rings is 1. The molecule has 4 rings (SSSR count). The maximum atomic E-state index is 12.3. The summed E-state index contributed by atoms with van der Waals surface area (Å²) in [6.07, 6.45) is -3.09. The average molecular weight is 504 g/mol. The van der Waals surface area contributed by atoms with Gasteiger partial charge in [0.2, 0.25) is 0 Å². The summed E-state index contributed by atoms with van der Waals surface area (Å²) in [4.78, 5) is 46.0. The lowest BCUT2D eigenvalue weighted by molar-refractivity contribution is -0.154. The molecule has 14 heteroatoms. The fourth-order valence-corrected chi connectivity index (χ4v) is 4.38. The van der Waals surface area contributed by atoms with Crippen molar-refractivity contribution in [2.24, 2.45) is 0 Å². The Balaban J connectivity index is 1.57. The van der Waals surface area contributed by atoms with E-state index in [1.165, 1.54) is 6.20 Å². The van der Waals surface area contributed by atoms with E-state index in [0.717, 1.165) is 16.3 Å². The van der Waals surface area contributed by atoms with Crippen LogP contribution in [0.25, 0.3) is 0 Å². The Bertz CT molecular complexity index is 1130. The molecule has 0 saturated carbocycles. The summed E-state index contributed by atoms with van der Waals surface area (Å²) in [6.45, 7) is 0.188. The fraction of sp³-hybridized carbons (Fsp3) is 0.474. The highest BCUT2D eigenvalue weighted by Gasteiger charge is 2.54. The Morgan fingerprint density at radius 1 is 1.15 bits per heavy atom. The van der Waals surface area contributed by atoms with Gasteiger partial charge in [-0.1, -0.05) is 12.1 Å². The molecule has 33 heavy (non-hydrogen) atoms. The molecule has 2 saturated heterocycles. The van der Waals surface area contributed by atoms with Gasteiger partial charge >= 0.3 is 13.5 Å². The van der Waals surface area contributed by atoms with E-state index in [1.54, 1.807) is 0 Å². The second-order valence-electron chi connectivity index (χ2n) is 7.60. The zero-order chi connectivity index (χ0) is 23.8. The second kappa shape index (κ2) is 9.69. The number of aromatic amines is 1. The number of aromatic nitrogens is 2. The minimum Gasteiger partial charge on any atom is -0.373 e. The first-order chi connectivity index (χ1) is 15.7. The van der Waals surface area contributed by atoms with Gasteiger partial charge in [-0.25, -0.2) is 9.36 Å². The van der Waals surface area contributed by atoms with E-state index in [2.05, 4.69) is 9.51 Å². The van der Waals surface area contributed by atoms with Crippen molar-refractivity contribution in [3.8, 4) is 0 Å². The fourth-order valence-electron chi connectivity index (χ4n) is 3.79. The molecule has 2 aliphatic rings. The standard InChI is InChI=1S/C19H23ClN3O9P/c1-22(9-7-20)12-4-2-11(3-5-12)18-31-15-13(10-29-33(26,27)28)30-17(16(15)32-18)23-8-6-14(24)21-19(23)25/h2-6,8,13,15-18H,7,9-10H2,1H3,(H,21,24,25)(H2,26,27,28)/t13-,15-,16-,17-,18?/m1/s1. The van der Waals surface area contributed by atoms with Crippen molar-refractivity contribution in [1.82, 2.24) is 9.55 Å². The number of ether oxygens (including phenoxy) is 3. The third-order valence-electron chi connectivity index (χ3n) is 5.41. The molecule has 0 bridgehead atoms. The number of anilines is 1. The quantitative estimate of drug-likeness (QED) is 0.346. The number of H-pyrrole nitrogens is 1. The molecule has 3 heterocycles. The van der Waals surface area contributed by atoms with E-state index in [4.69, 9.17) is 35.6 Å². The predicted octanol–water partition coefficient (Wildman–Crippen LogP) is 0.701. The van der Waals surface area contributed by atoms with Crippen molar-refractivity contribution in [2.45, 2.75) is 30.8 Å². The molecule has 0 aliphatic carbocycles. The number of fused-ring (bicyclic) bond motifs is 1. The molecule has 2 aliphatic heterocycles. The Labute approximate surface area is 192 Å². The average Bonchev–Trinajstić information content (AvgIpc) is 3.32. The van der Waals surface area contributed by atoms with Crippen molar-refractivity contribution >= 4 is 25.1 Å². The SMILES string of the molecule is CN(CCCl)c1ccc(C2O[C@@H]3[C@H](O2)[C@@H](COP(=O)(O)O)O[C@H]3n2ccc(=O)[nH]c2=O)cc1. The number of alkyl halides is 1. The molecule has 0 spiro atoms. The Morgan fingerprint density at radius 2 is 1.85 bits per heavy atom. The number of hydrogen-bond donors (Lipinski definition) is 3. The maximum absolute atomic E-state index is 12.3. The Kier molecular flexibility index (Phi) is 7.08. The zero-order valence-electron chi connectivity index (χ0n) is 17.4. The van der Waals surface area contributed by atoms with E-state index in [0.29, 0.717) is 18.0 Å². The van der Waals surface area contributed by atoms with E-state index < -0.39 is 56.5 Å². The van der Waals surface area contributed by atoms with Gasteiger partial charge in [0, 0.05) is 43.0 Å². The van der Waals surface area contributed by atoms with Crippen LogP contribution in [0.3, 0.4) is 0 Å². The molecule has 0 amide bonds. The smallest absolute Gasteiger partial charge is 0.373 e. The second-order valence-corrected chi connectivity index (χ2v) is 9.22. The molecule has 180 valence electrons. The highest BCUT2D eigenvalue weighted by atomic mass is 35.5. The first-order valence-corrected chi connectivity index (χ1v) is 12.1. The van der Waals surface area contributed by atoms with Crippen LogP contribution in [0.1, 0.15) is 18.1 Å². The third-order valence-corrected chi connectivity index (χ3v) is 6.06. The third kappa shape index (κ3) is 5.39. The zero-order valence-corrected chi connectivity index (χ0v) is 19.1. The van der Waals surface area contributed by atoms with Crippen LogP contribution < -0.4 is 16.1 Å². The van der Waals surface area contributed by atoms with Crippen LogP contribution in [-0.4, -0.2) is 63.7 Å². The van der Waals surface area contributed by atoms with E-state index >= 15 is 0 Å². The molecule has 2 aromatic rings. The van der Waals surface area contributed by atoms with Crippen LogP contribution in [0.2, 0.25) is 0 Å². The van der Waals surface area contributed by atoms with Gasteiger partial charge < -0.3 is 28.9 Å². The van der Waals surface area contributed by atoms with Gasteiger partial charge in [0.1, 0.15) is 18.3 Å². The highest BCUT2D eigenvalue weighted by molar-refractivity contribution is 7.46. The number of phosphoric ester groups is 1. The van der Waals surface area contributed by atoms with Crippen LogP contribution in [0.4, 0.5) is 5.69 Å². The largest absolute Gasteiger partial charge is 0.469 e. The Hall–Kier alpha value is -2.02. The van der Waals surface area contributed by atoms with E-state index in [9.17, 15) is 14.2 Å². The summed E-state index contributed by atoms with van der Waals surface area (Å²) >= 11 is 5.79. The van der Waals surface area contributed by atoms with Crippen molar-refractivity contribution in [3.05, 3.63) is 62.9 Å². The summed E-state index contributed by atoms with van der Waals surface area (Å²) in [5.41, 5.74) is 0.357. The number of halogens is 1. The molecular formula is C19H23ClN3O9P. The first kappa shape index (κ1) is 24.1. The van der Waals surface area contributed by atoms with E-state index in [1.807, 2.05) is 36.2 Å². The molecular weight excluding hydrogens is 481 g/mol. The lowest BCUT2D eigenvalue weighted by atomic mass is 10.1. The number of rotatable bonds is 8. The first-order valence-electron chi connectivity index (χ1n) is 10.0. The lowest BCUT2D eigenvalue weighted by Gasteiger charge is -2.22. The number of hydrogen-bond acceptors (Lipinski definition) is 8. The molecule has 12 nitrogen and oxygen atoms in total. The normalized spacial score (nSPS) is 27.0. The number of nitrogens with one attached hydrogen (secondary N) is 1. The summed E-state index contributed by atoms with van der Waals surface area (Å²) in [5, 5.41) is 0. The molecule has 1 unspecified atom stereocenters. The van der Waals surface area contributed by atoms with Crippen LogP contribution in [-0.2, 0) is 23.3 Å². The van der Waals surface area contributed by atoms with Crippen LogP contribution in [0, 0.1) is 0 Å². The molecule has 1 aromatic heterocycles. The van der Waals surface area contributed by atoms with Gasteiger partial charge in [-0.3, -0.25) is 18.9 Å². The molecule has 1 aromatic carbocycles. The summed E-state index contributed by atoms with van der Waals surface area (Å²) in [6, 6.07) is 8.58. The lowest BCUT2D eigenvalue weighted by Crippen LogP contribution is -2.36.